The zero-order valence-corrected chi connectivity index (χ0v) is 15.4. The number of halogens is 1. The monoisotopic (exact) mass is 388 g/mol. The van der Waals surface area contributed by atoms with Gasteiger partial charge in [0.15, 0.2) is 0 Å². The predicted molar refractivity (Wildman–Crippen MR) is 89.2 cm³/mol. The minimum Gasteiger partial charge on any atom is -0.444 e. The summed E-state index contributed by atoms with van der Waals surface area (Å²) >= 11 is 3.29. The van der Waals surface area contributed by atoms with E-state index in [1.165, 1.54) is 0 Å². The molecule has 1 aliphatic rings. The van der Waals surface area contributed by atoms with E-state index in [0.29, 0.717) is 22.7 Å². The summed E-state index contributed by atoms with van der Waals surface area (Å²) in [4.78, 5) is 18.1. The van der Waals surface area contributed by atoms with Crippen LogP contribution in [0, 0.1) is 0 Å². The molecule has 0 aliphatic carbocycles. The third-order valence-corrected chi connectivity index (χ3v) is 5.30. The summed E-state index contributed by atoms with van der Waals surface area (Å²) in [5.41, 5.74) is -0.519. The van der Waals surface area contributed by atoms with E-state index < -0.39 is 16.4 Å². The molecule has 122 valence electrons. The topological polar surface area (TPSA) is 59.5 Å². The molecule has 1 aromatic rings. The first-order valence-electron chi connectivity index (χ1n) is 7.27. The van der Waals surface area contributed by atoms with E-state index in [1.807, 2.05) is 26.8 Å². The van der Waals surface area contributed by atoms with Gasteiger partial charge in [-0.25, -0.2) is 9.78 Å². The minimum absolute atomic E-state index is 0.108. The normalized spacial score (nSPS) is 20.5. The lowest BCUT2D eigenvalue weighted by Gasteiger charge is -2.33. The first-order chi connectivity index (χ1) is 10.3. The molecule has 1 saturated heterocycles. The molecule has 0 spiro atoms. The zero-order chi connectivity index (χ0) is 16.3. The number of piperidine rings is 1. The smallest absolute Gasteiger partial charge is 0.410 e. The molecule has 5 nitrogen and oxygen atoms in total. The highest BCUT2D eigenvalue weighted by molar-refractivity contribution is 9.10. The molecule has 0 radical (unpaired) electrons. The van der Waals surface area contributed by atoms with Crippen LogP contribution in [0.15, 0.2) is 27.8 Å². The van der Waals surface area contributed by atoms with Gasteiger partial charge in [0.05, 0.1) is 16.0 Å². The number of nitrogens with zero attached hydrogens (tertiary/aromatic N) is 2. The zero-order valence-electron chi connectivity index (χ0n) is 13.0. The Morgan fingerprint density at radius 3 is 2.82 bits per heavy atom. The molecule has 2 rings (SSSR count). The van der Waals surface area contributed by atoms with Gasteiger partial charge in [-0.05, 0) is 61.7 Å². The van der Waals surface area contributed by atoms with E-state index in [2.05, 4.69) is 20.9 Å². The number of carbonyl (C=O) groups excluding carboxylic acids is 1. The largest absolute Gasteiger partial charge is 0.444 e. The van der Waals surface area contributed by atoms with Crippen LogP contribution in [-0.4, -0.2) is 44.1 Å². The number of hydrogen-bond acceptors (Lipinski definition) is 4. The maximum Gasteiger partial charge on any atom is 0.410 e. The van der Waals surface area contributed by atoms with Gasteiger partial charge in [0.25, 0.3) is 0 Å². The Morgan fingerprint density at radius 2 is 2.18 bits per heavy atom. The van der Waals surface area contributed by atoms with Crippen molar-refractivity contribution in [2.75, 3.05) is 13.1 Å². The third-order valence-electron chi connectivity index (χ3n) is 3.23. The Morgan fingerprint density at radius 1 is 1.45 bits per heavy atom. The summed E-state index contributed by atoms with van der Waals surface area (Å²) in [5, 5.41) is 0.438. The van der Waals surface area contributed by atoms with Crippen LogP contribution in [0.25, 0.3) is 0 Å². The van der Waals surface area contributed by atoms with E-state index in [0.717, 1.165) is 12.8 Å². The summed E-state index contributed by atoms with van der Waals surface area (Å²) in [5.74, 6) is 0. The molecule has 0 unspecified atom stereocenters. The van der Waals surface area contributed by atoms with Crippen LogP contribution >= 0.6 is 15.9 Å². The van der Waals surface area contributed by atoms with E-state index in [1.54, 1.807) is 17.0 Å². The fourth-order valence-corrected chi connectivity index (χ4v) is 4.18. The molecule has 1 aromatic heterocycles. The van der Waals surface area contributed by atoms with Gasteiger partial charge in [0, 0.05) is 13.1 Å². The number of likely N-dealkylation sites (tertiary alicyclic amines) is 1. The van der Waals surface area contributed by atoms with Crippen LogP contribution in [0.1, 0.15) is 33.6 Å². The molecule has 0 bridgehead atoms. The van der Waals surface area contributed by atoms with E-state index in [4.69, 9.17) is 4.74 Å². The highest BCUT2D eigenvalue weighted by Gasteiger charge is 2.31. The van der Waals surface area contributed by atoms with Gasteiger partial charge in [-0.2, -0.15) is 0 Å². The Hall–Kier alpha value is -0.950. The number of amides is 1. The van der Waals surface area contributed by atoms with E-state index in [-0.39, 0.29) is 11.3 Å². The number of pyridine rings is 1. The van der Waals surface area contributed by atoms with Crippen molar-refractivity contribution >= 4 is 32.8 Å². The quantitative estimate of drug-likeness (QED) is 0.728. The predicted octanol–water partition coefficient (Wildman–Crippen LogP) is 3.35. The Kier molecular flexibility index (Phi) is 5.60. The maximum absolute atomic E-state index is 12.7. The van der Waals surface area contributed by atoms with Gasteiger partial charge in [-0.15, -0.1) is 0 Å². The fraction of sp³-hybridized carbons (Fsp3) is 0.600. The molecule has 22 heavy (non-hydrogen) atoms. The van der Waals surface area contributed by atoms with Gasteiger partial charge in [0.1, 0.15) is 15.2 Å². The van der Waals surface area contributed by atoms with Gasteiger partial charge >= 0.3 is 6.09 Å². The summed E-state index contributed by atoms with van der Waals surface area (Å²) in [6, 6.07) is 5.38. The highest BCUT2D eigenvalue weighted by atomic mass is 79.9. The van der Waals surface area contributed by atoms with Crippen LogP contribution < -0.4 is 0 Å². The molecule has 1 fully saturated rings. The number of rotatable bonds is 2. The SMILES string of the molecule is CC(C)(C)OC(=O)N1CCC[C@H]([S@@](=O)c2cccc(Br)n2)C1. The molecule has 0 N–H and O–H groups in total. The Labute approximate surface area is 142 Å². The molecule has 2 heterocycles. The number of hydrogen-bond donors (Lipinski definition) is 0. The van der Waals surface area contributed by atoms with Crippen LogP contribution in [-0.2, 0) is 15.5 Å². The Balaban J connectivity index is 2.04. The van der Waals surface area contributed by atoms with Gasteiger partial charge < -0.3 is 9.64 Å². The van der Waals surface area contributed by atoms with E-state index in [9.17, 15) is 9.00 Å². The third kappa shape index (κ3) is 4.78. The number of ether oxygens (including phenoxy) is 1. The lowest BCUT2D eigenvalue weighted by molar-refractivity contribution is 0.0219. The summed E-state index contributed by atoms with van der Waals surface area (Å²) in [6.07, 6.45) is 1.31. The van der Waals surface area contributed by atoms with Gasteiger partial charge in [-0.1, -0.05) is 6.07 Å². The summed E-state index contributed by atoms with van der Waals surface area (Å²) < 4.78 is 18.7. The first kappa shape index (κ1) is 17.4. The average molecular weight is 389 g/mol. The molecule has 1 aliphatic heterocycles. The molecule has 7 heteroatoms. The number of carbonyl (C=O) groups is 1. The summed E-state index contributed by atoms with van der Waals surface area (Å²) in [6.45, 7) is 6.62. The van der Waals surface area contributed by atoms with Crippen molar-refractivity contribution in [2.45, 2.75) is 49.5 Å². The second-order valence-corrected chi connectivity index (χ2v) is 8.78. The molecule has 0 saturated carbocycles. The molecular formula is C15H21BrN2O3S. The minimum atomic E-state index is -1.23. The van der Waals surface area contributed by atoms with Crippen LogP contribution in [0.2, 0.25) is 0 Å². The van der Waals surface area contributed by atoms with Gasteiger partial charge in [0.2, 0.25) is 0 Å². The van der Waals surface area contributed by atoms with Crippen LogP contribution in [0.3, 0.4) is 0 Å². The fourth-order valence-electron chi connectivity index (χ4n) is 2.28. The van der Waals surface area contributed by atoms with E-state index >= 15 is 0 Å². The highest BCUT2D eigenvalue weighted by Crippen LogP contribution is 2.22. The lowest BCUT2D eigenvalue weighted by atomic mass is 10.1. The molecule has 2 atom stereocenters. The average Bonchev–Trinajstić information content (AvgIpc) is 2.45. The van der Waals surface area contributed by atoms with Crippen LogP contribution in [0.5, 0.6) is 0 Å². The van der Waals surface area contributed by atoms with Crippen LogP contribution in [0.4, 0.5) is 4.79 Å². The first-order valence-corrected chi connectivity index (χ1v) is 9.28. The van der Waals surface area contributed by atoms with Crippen molar-refractivity contribution in [3.8, 4) is 0 Å². The second-order valence-electron chi connectivity index (χ2n) is 6.29. The second kappa shape index (κ2) is 7.08. The molecule has 0 aromatic carbocycles. The van der Waals surface area contributed by atoms with Crippen molar-refractivity contribution in [3.05, 3.63) is 22.8 Å². The standard InChI is InChI=1S/C15H21BrN2O3S/c1-15(2,3)21-14(19)18-9-5-6-11(10-18)22(20)13-8-4-7-12(16)17-13/h4,7-8,11H,5-6,9-10H2,1-3H3/t11-,22+/m0/s1. The maximum atomic E-state index is 12.7. The molecule has 1 amide bonds. The number of aromatic nitrogens is 1. The van der Waals surface area contributed by atoms with Gasteiger partial charge in [-0.3, -0.25) is 4.21 Å². The van der Waals surface area contributed by atoms with Crippen molar-refractivity contribution in [1.29, 1.82) is 0 Å². The lowest BCUT2D eigenvalue weighted by Crippen LogP contribution is -2.45. The summed E-state index contributed by atoms with van der Waals surface area (Å²) in [7, 11) is -1.23. The Bertz CT molecular complexity index is 574. The van der Waals surface area contributed by atoms with Crippen molar-refractivity contribution in [1.82, 2.24) is 9.88 Å². The molecular weight excluding hydrogens is 368 g/mol. The van der Waals surface area contributed by atoms with Crippen molar-refractivity contribution in [3.63, 3.8) is 0 Å². The van der Waals surface area contributed by atoms with Crippen molar-refractivity contribution < 1.29 is 13.7 Å². The van der Waals surface area contributed by atoms with Crippen molar-refractivity contribution in [2.24, 2.45) is 0 Å².